The zero-order chi connectivity index (χ0) is 20.6. The average molecular weight is 407 g/mol. The van der Waals surface area contributed by atoms with Crippen molar-refractivity contribution >= 4 is 28.9 Å². The number of rotatable bonds is 7. The molecule has 146 valence electrons. The van der Waals surface area contributed by atoms with Crippen molar-refractivity contribution in [3.8, 4) is 22.4 Å². The lowest BCUT2D eigenvalue weighted by molar-refractivity contribution is -0.115. The molecule has 1 aromatic heterocycles. The predicted molar refractivity (Wildman–Crippen MR) is 109 cm³/mol. The van der Waals surface area contributed by atoms with Gasteiger partial charge in [-0.2, -0.15) is 5.26 Å². The Morgan fingerprint density at radius 1 is 1.21 bits per heavy atom. The van der Waals surface area contributed by atoms with E-state index in [1.165, 1.54) is 11.3 Å². The number of aromatic nitrogens is 1. The number of anilines is 1. The van der Waals surface area contributed by atoms with Gasteiger partial charge in [-0.15, -0.1) is 11.3 Å². The first-order valence-electron chi connectivity index (χ1n) is 8.62. The fourth-order valence-corrected chi connectivity index (χ4v) is 3.25. The standard InChI is InChI=1S/C21H17N3O4S/c1-27-18-4-2-3-15(11-18)20-24-17(13-29-20)12-28-21(26)14-5-7-16(8-6-14)23-19(25)9-10-22/h2-8,11,13H,9,12H2,1H3,(H,23,25). The molecule has 0 saturated carbocycles. The van der Waals surface area contributed by atoms with E-state index >= 15 is 0 Å². The SMILES string of the molecule is COc1cccc(-c2nc(COC(=O)c3ccc(NC(=O)CC#N)cc3)cs2)c1. The second kappa shape index (κ2) is 9.48. The van der Waals surface area contributed by atoms with Crippen molar-refractivity contribution in [2.45, 2.75) is 13.0 Å². The number of hydrogen-bond donors (Lipinski definition) is 1. The van der Waals surface area contributed by atoms with Crippen LogP contribution in [0, 0.1) is 11.3 Å². The number of hydrogen-bond acceptors (Lipinski definition) is 7. The number of nitrogens with zero attached hydrogens (tertiary/aromatic N) is 2. The summed E-state index contributed by atoms with van der Waals surface area (Å²) in [5.41, 5.74) is 2.44. The number of ether oxygens (including phenoxy) is 2. The molecule has 0 saturated heterocycles. The number of esters is 1. The van der Waals surface area contributed by atoms with E-state index in [-0.39, 0.29) is 13.0 Å². The van der Waals surface area contributed by atoms with Crippen molar-refractivity contribution in [3.05, 3.63) is 65.2 Å². The number of nitriles is 1. The van der Waals surface area contributed by atoms with Gasteiger partial charge >= 0.3 is 5.97 Å². The Morgan fingerprint density at radius 2 is 2.00 bits per heavy atom. The third-order valence-corrected chi connectivity index (χ3v) is 4.80. The lowest BCUT2D eigenvalue weighted by Gasteiger charge is -2.05. The number of amides is 1. The van der Waals surface area contributed by atoms with Gasteiger partial charge in [-0.05, 0) is 36.4 Å². The molecule has 0 fully saturated rings. The topological polar surface area (TPSA) is 101 Å². The maximum absolute atomic E-state index is 12.2. The van der Waals surface area contributed by atoms with Crippen molar-refractivity contribution in [1.29, 1.82) is 5.26 Å². The van der Waals surface area contributed by atoms with Gasteiger partial charge in [0.15, 0.2) is 0 Å². The number of carbonyl (C=O) groups excluding carboxylic acids is 2. The smallest absolute Gasteiger partial charge is 0.338 e. The molecule has 2 aromatic carbocycles. The van der Waals surface area contributed by atoms with E-state index in [2.05, 4.69) is 10.3 Å². The summed E-state index contributed by atoms with van der Waals surface area (Å²) in [6.07, 6.45) is -0.227. The lowest BCUT2D eigenvalue weighted by atomic mass is 10.2. The maximum atomic E-state index is 12.2. The van der Waals surface area contributed by atoms with E-state index in [9.17, 15) is 9.59 Å². The monoisotopic (exact) mass is 407 g/mol. The summed E-state index contributed by atoms with van der Waals surface area (Å²) in [6, 6.07) is 15.6. The summed E-state index contributed by atoms with van der Waals surface area (Å²) in [5, 5.41) is 13.7. The Morgan fingerprint density at radius 3 is 2.72 bits per heavy atom. The van der Waals surface area contributed by atoms with Crippen molar-refractivity contribution in [2.24, 2.45) is 0 Å². The van der Waals surface area contributed by atoms with Gasteiger partial charge in [-0.3, -0.25) is 4.79 Å². The molecular formula is C21H17N3O4S. The molecule has 0 aliphatic carbocycles. The quantitative estimate of drug-likeness (QED) is 0.594. The first-order chi connectivity index (χ1) is 14.1. The Balaban J connectivity index is 1.57. The predicted octanol–water partition coefficient (Wildman–Crippen LogP) is 4.03. The van der Waals surface area contributed by atoms with Crippen LogP contribution in [0.15, 0.2) is 53.9 Å². The van der Waals surface area contributed by atoms with Gasteiger partial charge in [0.1, 0.15) is 23.8 Å². The third kappa shape index (κ3) is 5.40. The zero-order valence-corrected chi connectivity index (χ0v) is 16.4. The lowest BCUT2D eigenvalue weighted by Crippen LogP contribution is -2.10. The second-order valence-corrected chi connectivity index (χ2v) is 6.77. The second-order valence-electron chi connectivity index (χ2n) is 5.91. The number of thiazole rings is 1. The number of benzene rings is 2. The van der Waals surface area contributed by atoms with Crippen molar-refractivity contribution in [2.75, 3.05) is 12.4 Å². The molecule has 8 heteroatoms. The van der Waals surface area contributed by atoms with Crippen LogP contribution in [0.4, 0.5) is 5.69 Å². The zero-order valence-electron chi connectivity index (χ0n) is 15.5. The largest absolute Gasteiger partial charge is 0.497 e. The minimum absolute atomic E-state index is 0.0555. The van der Waals surface area contributed by atoms with Crippen LogP contribution < -0.4 is 10.1 Å². The summed E-state index contributed by atoms with van der Waals surface area (Å²) in [6.45, 7) is 0.0555. The highest BCUT2D eigenvalue weighted by Gasteiger charge is 2.11. The summed E-state index contributed by atoms with van der Waals surface area (Å²) in [5.74, 6) is -0.146. The van der Waals surface area contributed by atoms with Gasteiger partial charge in [0.2, 0.25) is 5.91 Å². The highest BCUT2D eigenvalue weighted by Crippen LogP contribution is 2.27. The van der Waals surface area contributed by atoms with Gasteiger partial charge in [-0.25, -0.2) is 9.78 Å². The molecule has 0 radical (unpaired) electrons. The van der Waals surface area contributed by atoms with Gasteiger partial charge < -0.3 is 14.8 Å². The Labute approximate surface area is 171 Å². The van der Waals surface area contributed by atoms with Crippen LogP contribution in [0.1, 0.15) is 22.5 Å². The molecular weight excluding hydrogens is 390 g/mol. The fraction of sp³-hybridized carbons (Fsp3) is 0.143. The molecule has 1 N–H and O–H groups in total. The molecule has 0 bridgehead atoms. The first-order valence-corrected chi connectivity index (χ1v) is 9.50. The highest BCUT2D eigenvalue weighted by molar-refractivity contribution is 7.13. The minimum atomic E-state index is -0.490. The molecule has 0 aliphatic rings. The molecule has 3 rings (SSSR count). The van der Waals surface area contributed by atoms with Crippen LogP contribution in [0.3, 0.4) is 0 Å². The number of carbonyl (C=O) groups is 2. The van der Waals surface area contributed by atoms with Crippen LogP contribution in [0.2, 0.25) is 0 Å². The third-order valence-electron chi connectivity index (χ3n) is 3.86. The summed E-state index contributed by atoms with van der Waals surface area (Å²) in [4.78, 5) is 28.1. The molecule has 0 aliphatic heterocycles. The van der Waals surface area contributed by atoms with E-state index in [1.807, 2.05) is 29.6 Å². The van der Waals surface area contributed by atoms with Crippen molar-refractivity contribution in [1.82, 2.24) is 4.98 Å². The molecule has 1 amide bonds. The number of nitrogens with one attached hydrogen (secondary N) is 1. The van der Waals surface area contributed by atoms with E-state index < -0.39 is 11.9 Å². The van der Waals surface area contributed by atoms with Crippen LogP contribution >= 0.6 is 11.3 Å². The van der Waals surface area contributed by atoms with E-state index in [1.54, 1.807) is 37.4 Å². The Kier molecular flexibility index (Phi) is 6.55. The molecule has 0 atom stereocenters. The minimum Gasteiger partial charge on any atom is -0.497 e. The van der Waals surface area contributed by atoms with Crippen molar-refractivity contribution < 1.29 is 19.1 Å². The Bertz CT molecular complexity index is 1050. The fourth-order valence-electron chi connectivity index (χ4n) is 2.45. The van der Waals surface area contributed by atoms with Crippen LogP contribution in [-0.2, 0) is 16.1 Å². The molecule has 29 heavy (non-hydrogen) atoms. The molecule has 3 aromatic rings. The average Bonchev–Trinajstić information content (AvgIpc) is 3.22. The van der Waals surface area contributed by atoms with E-state index in [0.717, 1.165) is 16.3 Å². The highest BCUT2D eigenvalue weighted by atomic mass is 32.1. The molecule has 0 spiro atoms. The summed E-state index contributed by atoms with van der Waals surface area (Å²) in [7, 11) is 1.61. The van der Waals surface area contributed by atoms with E-state index in [0.29, 0.717) is 16.9 Å². The number of methoxy groups -OCH3 is 1. The molecule has 7 nitrogen and oxygen atoms in total. The summed E-state index contributed by atoms with van der Waals surface area (Å²) >= 11 is 1.46. The van der Waals surface area contributed by atoms with E-state index in [4.69, 9.17) is 14.7 Å². The van der Waals surface area contributed by atoms with Gasteiger partial charge in [0.25, 0.3) is 0 Å². The van der Waals surface area contributed by atoms with Crippen LogP contribution in [0.5, 0.6) is 5.75 Å². The van der Waals surface area contributed by atoms with Crippen molar-refractivity contribution in [3.63, 3.8) is 0 Å². The van der Waals surface area contributed by atoms with Gasteiger partial charge in [0.05, 0.1) is 24.4 Å². The van der Waals surface area contributed by atoms with Crippen LogP contribution in [-0.4, -0.2) is 24.0 Å². The Hall–Kier alpha value is -3.70. The summed E-state index contributed by atoms with van der Waals surface area (Å²) < 4.78 is 10.5. The molecule has 0 unspecified atom stereocenters. The maximum Gasteiger partial charge on any atom is 0.338 e. The van der Waals surface area contributed by atoms with Gasteiger partial charge in [0, 0.05) is 16.6 Å². The normalized spacial score (nSPS) is 10.1. The first kappa shape index (κ1) is 20.0. The van der Waals surface area contributed by atoms with Crippen LogP contribution in [0.25, 0.3) is 10.6 Å². The van der Waals surface area contributed by atoms with Gasteiger partial charge in [-0.1, -0.05) is 12.1 Å². The molecule has 1 heterocycles.